The fourth-order valence-electron chi connectivity index (χ4n) is 3.25. The Morgan fingerprint density at radius 3 is 2.53 bits per heavy atom. The number of likely N-dealkylation sites (N-methyl/N-ethyl adjacent to an activating group) is 1. The van der Waals surface area contributed by atoms with E-state index < -0.39 is 5.82 Å². The molecule has 30 heavy (non-hydrogen) atoms. The van der Waals surface area contributed by atoms with E-state index >= 15 is 0 Å². The molecule has 0 aliphatic heterocycles. The standard InChI is InChI=1S/C23H25FN4O2/c1-16-21(17(2)28(26-16)20-10-5-4-6-11-20)15-27(3)23(30)14-25-22(29)13-18-8-7-9-19(24)12-18/h4-12H,13-15H2,1-3H3,(H,25,29). The number of carbonyl (C=O) groups is 2. The zero-order valence-corrected chi connectivity index (χ0v) is 17.4. The van der Waals surface area contributed by atoms with Gasteiger partial charge in [0.1, 0.15) is 5.82 Å². The summed E-state index contributed by atoms with van der Waals surface area (Å²) in [6.45, 7) is 4.17. The van der Waals surface area contributed by atoms with E-state index in [0.29, 0.717) is 12.1 Å². The Morgan fingerprint density at radius 2 is 1.83 bits per heavy atom. The first-order valence-electron chi connectivity index (χ1n) is 9.70. The maximum Gasteiger partial charge on any atom is 0.242 e. The lowest BCUT2D eigenvalue weighted by molar-refractivity contribution is -0.132. The van der Waals surface area contributed by atoms with Crippen LogP contribution in [0.3, 0.4) is 0 Å². The number of amides is 2. The zero-order valence-electron chi connectivity index (χ0n) is 17.4. The van der Waals surface area contributed by atoms with E-state index in [1.807, 2.05) is 48.9 Å². The summed E-state index contributed by atoms with van der Waals surface area (Å²) < 4.78 is 15.1. The molecule has 0 bridgehead atoms. The van der Waals surface area contributed by atoms with Gasteiger partial charge in [0.05, 0.1) is 24.3 Å². The molecule has 156 valence electrons. The molecule has 2 aromatic carbocycles. The van der Waals surface area contributed by atoms with Crippen molar-refractivity contribution in [3.05, 3.63) is 82.9 Å². The average Bonchev–Trinajstić information content (AvgIpc) is 3.01. The van der Waals surface area contributed by atoms with Crippen LogP contribution in [0.25, 0.3) is 5.69 Å². The Kier molecular flexibility index (Phi) is 6.61. The molecule has 0 saturated carbocycles. The van der Waals surface area contributed by atoms with Gasteiger partial charge in [-0.1, -0.05) is 30.3 Å². The zero-order chi connectivity index (χ0) is 21.7. The number of para-hydroxylation sites is 1. The molecule has 0 saturated heterocycles. The first-order chi connectivity index (χ1) is 14.3. The Morgan fingerprint density at radius 1 is 1.10 bits per heavy atom. The van der Waals surface area contributed by atoms with Crippen molar-refractivity contribution in [2.24, 2.45) is 0 Å². The summed E-state index contributed by atoms with van der Waals surface area (Å²) in [6.07, 6.45) is 0.0246. The van der Waals surface area contributed by atoms with Crippen molar-refractivity contribution in [1.82, 2.24) is 20.0 Å². The van der Waals surface area contributed by atoms with Crippen LogP contribution in [0.4, 0.5) is 4.39 Å². The lowest BCUT2D eigenvalue weighted by atomic mass is 10.1. The number of hydrogen-bond acceptors (Lipinski definition) is 3. The second-order valence-electron chi connectivity index (χ2n) is 7.23. The molecule has 3 rings (SSSR count). The Hall–Kier alpha value is -3.48. The van der Waals surface area contributed by atoms with E-state index in [1.165, 1.54) is 12.1 Å². The molecular weight excluding hydrogens is 383 g/mol. The van der Waals surface area contributed by atoms with E-state index in [4.69, 9.17) is 0 Å². The summed E-state index contributed by atoms with van der Waals surface area (Å²) in [5, 5.41) is 7.20. The Labute approximate surface area is 175 Å². The van der Waals surface area contributed by atoms with E-state index in [0.717, 1.165) is 22.6 Å². The molecular formula is C23H25FN4O2. The molecule has 0 aliphatic carbocycles. The number of benzene rings is 2. The van der Waals surface area contributed by atoms with E-state index in [2.05, 4.69) is 10.4 Å². The van der Waals surface area contributed by atoms with E-state index in [9.17, 15) is 14.0 Å². The monoisotopic (exact) mass is 408 g/mol. The number of hydrogen-bond donors (Lipinski definition) is 1. The van der Waals surface area contributed by atoms with Crippen LogP contribution in [0.5, 0.6) is 0 Å². The molecule has 0 fully saturated rings. The number of carbonyl (C=O) groups excluding carboxylic acids is 2. The predicted octanol–water partition coefficient (Wildman–Crippen LogP) is 2.95. The fourth-order valence-corrected chi connectivity index (χ4v) is 3.25. The topological polar surface area (TPSA) is 67.2 Å². The summed E-state index contributed by atoms with van der Waals surface area (Å²) in [5.41, 5.74) is 4.32. The van der Waals surface area contributed by atoms with Gasteiger partial charge in [-0.3, -0.25) is 9.59 Å². The third-order valence-corrected chi connectivity index (χ3v) is 4.95. The molecule has 0 spiro atoms. The van der Waals surface area contributed by atoms with Crippen LogP contribution in [0, 0.1) is 19.7 Å². The third kappa shape index (κ3) is 5.11. The molecule has 3 aromatic rings. The van der Waals surface area contributed by atoms with Gasteiger partial charge >= 0.3 is 0 Å². The highest BCUT2D eigenvalue weighted by Crippen LogP contribution is 2.19. The molecule has 0 atom stereocenters. The molecule has 0 unspecified atom stereocenters. The van der Waals surface area contributed by atoms with Gasteiger partial charge < -0.3 is 10.2 Å². The number of nitrogens with one attached hydrogen (secondary N) is 1. The van der Waals surface area contributed by atoms with Crippen molar-refractivity contribution < 1.29 is 14.0 Å². The highest BCUT2D eigenvalue weighted by Gasteiger charge is 2.17. The van der Waals surface area contributed by atoms with Gasteiger partial charge in [0.15, 0.2) is 0 Å². The minimum Gasteiger partial charge on any atom is -0.347 e. The Balaban J connectivity index is 1.58. The molecule has 1 N–H and O–H groups in total. The van der Waals surface area contributed by atoms with Crippen molar-refractivity contribution in [2.45, 2.75) is 26.8 Å². The number of nitrogens with zero attached hydrogens (tertiary/aromatic N) is 3. The van der Waals surface area contributed by atoms with Crippen LogP contribution in [0.1, 0.15) is 22.5 Å². The first kappa shape index (κ1) is 21.2. The average molecular weight is 408 g/mol. The van der Waals surface area contributed by atoms with Gasteiger partial charge in [-0.05, 0) is 43.7 Å². The lowest BCUT2D eigenvalue weighted by Gasteiger charge is -2.18. The minimum atomic E-state index is -0.391. The van der Waals surface area contributed by atoms with Crippen molar-refractivity contribution >= 4 is 11.8 Å². The quantitative estimate of drug-likeness (QED) is 0.654. The summed E-state index contributed by atoms with van der Waals surface area (Å²) in [5.74, 6) is -0.932. The van der Waals surface area contributed by atoms with E-state index in [1.54, 1.807) is 24.1 Å². The van der Waals surface area contributed by atoms with Crippen molar-refractivity contribution in [1.29, 1.82) is 0 Å². The molecule has 1 aromatic heterocycles. The normalized spacial score (nSPS) is 10.7. The van der Waals surface area contributed by atoms with Crippen molar-refractivity contribution in [3.63, 3.8) is 0 Å². The van der Waals surface area contributed by atoms with Gasteiger partial charge in [0.2, 0.25) is 11.8 Å². The smallest absolute Gasteiger partial charge is 0.242 e. The third-order valence-electron chi connectivity index (χ3n) is 4.95. The highest BCUT2D eigenvalue weighted by atomic mass is 19.1. The molecule has 2 amide bonds. The summed E-state index contributed by atoms with van der Waals surface area (Å²) >= 11 is 0. The van der Waals surface area contributed by atoms with Crippen molar-refractivity contribution in [3.8, 4) is 5.69 Å². The molecule has 7 heteroatoms. The minimum absolute atomic E-state index is 0.0246. The van der Waals surface area contributed by atoms with E-state index in [-0.39, 0.29) is 24.8 Å². The molecule has 6 nitrogen and oxygen atoms in total. The van der Waals surface area contributed by atoms with Gasteiger partial charge in [-0.15, -0.1) is 0 Å². The second-order valence-corrected chi connectivity index (χ2v) is 7.23. The van der Waals surface area contributed by atoms with Crippen molar-refractivity contribution in [2.75, 3.05) is 13.6 Å². The molecule has 1 heterocycles. The molecule has 0 aliphatic rings. The largest absolute Gasteiger partial charge is 0.347 e. The Bertz CT molecular complexity index is 1050. The number of aryl methyl sites for hydroxylation is 1. The van der Waals surface area contributed by atoms with Crippen LogP contribution in [0.2, 0.25) is 0 Å². The van der Waals surface area contributed by atoms with Gasteiger partial charge in [-0.25, -0.2) is 9.07 Å². The van der Waals surface area contributed by atoms with Crippen LogP contribution in [0.15, 0.2) is 54.6 Å². The fraction of sp³-hybridized carbons (Fsp3) is 0.261. The highest BCUT2D eigenvalue weighted by molar-refractivity contribution is 5.85. The summed E-state index contributed by atoms with van der Waals surface area (Å²) in [4.78, 5) is 26.1. The number of aromatic nitrogens is 2. The first-order valence-corrected chi connectivity index (χ1v) is 9.70. The van der Waals surface area contributed by atoms with Gasteiger partial charge in [-0.2, -0.15) is 5.10 Å². The van der Waals surface area contributed by atoms with Crippen LogP contribution >= 0.6 is 0 Å². The second kappa shape index (κ2) is 9.35. The van der Waals surface area contributed by atoms with Crippen LogP contribution in [-0.4, -0.2) is 40.1 Å². The maximum absolute atomic E-state index is 13.2. The maximum atomic E-state index is 13.2. The van der Waals surface area contributed by atoms with Crippen LogP contribution < -0.4 is 5.32 Å². The summed E-state index contributed by atoms with van der Waals surface area (Å²) in [7, 11) is 1.69. The molecule has 0 radical (unpaired) electrons. The number of halogens is 1. The van der Waals surface area contributed by atoms with Crippen LogP contribution in [-0.2, 0) is 22.6 Å². The SMILES string of the molecule is Cc1nn(-c2ccccc2)c(C)c1CN(C)C(=O)CNC(=O)Cc1cccc(F)c1. The summed E-state index contributed by atoms with van der Waals surface area (Å²) in [6, 6.07) is 15.7. The number of rotatable bonds is 7. The lowest BCUT2D eigenvalue weighted by Crippen LogP contribution is -2.38. The predicted molar refractivity (Wildman–Crippen MR) is 113 cm³/mol. The van der Waals surface area contributed by atoms with Gasteiger partial charge in [0, 0.05) is 24.8 Å². The van der Waals surface area contributed by atoms with Gasteiger partial charge in [0.25, 0.3) is 0 Å².